The summed E-state index contributed by atoms with van der Waals surface area (Å²) in [6.07, 6.45) is 3.75. The zero-order valence-electron chi connectivity index (χ0n) is 11.4. The van der Waals surface area contributed by atoms with Gasteiger partial charge in [-0.3, -0.25) is 4.79 Å². The van der Waals surface area contributed by atoms with Crippen LogP contribution in [0.3, 0.4) is 0 Å². The lowest BCUT2D eigenvalue weighted by atomic mass is 10.2. The minimum absolute atomic E-state index is 0.0511. The highest BCUT2D eigenvalue weighted by molar-refractivity contribution is 5.88. The molecule has 1 aliphatic carbocycles. The maximum absolute atomic E-state index is 11.7. The summed E-state index contributed by atoms with van der Waals surface area (Å²) in [5, 5.41) is 2.88. The van der Waals surface area contributed by atoms with E-state index in [2.05, 4.69) is 12.2 Å². The smallest absolute Gasteiger partial charge is 0.240 e. The number of carbonyl (C=O) groups excluding carboxylic acids is 1. The van der Waals surface area contributed by atoms with Crippen LogP contribution in [0.4, 0.5) is 0 Å². The minimum Gasteiger partial charge on any atom is -0.494 e. The van der Waals surface area contributed by atoms with Crippen molar-refractivity contribution in [2.75, 3.05) is 6.61 Å². The Morgan fingerprint density at radius 3 is 2.95 bits per heavy atom. The first-order chi connectivity index (χ1) is 9.14. The van der Waals surface area contributed by atoms with Gasteiger partial charge in [0.2, 0.25) is 5.91 Å². The van der Waals surface area contributed by atoms with Crippen LogP contribution in [-0.4, -0.2) is 18.1 Å². The summed E-state index contributed by atoms with van der Waals surface area (Å²) in [5.74, 6) is 0.805. The summed E-state index contributed by atoms with van der Waals surface area (Å²) < 4.78 is 5.64. The van der Waals surface area contributed by atoms with Gasteiger partial charge < -0.3 is 15.8 Å². The van der Waals surface area contributed by atoms with Gasteiger partial charge in [0.15, 0.2) is 0 Å². The van der Waals surface area contributed by atoms with Crippen molar-refractivity contribution in [1.29, 1.82) is 0 Å². The second-order valence-electron chi connectivity index (χ2n) is 5.19. The van der Waals surface area contributed by atoms with Crippen molar-refractivity contribution in [2.45, 2.75) is 44.7 Å². The highest BCUT2D eigenvalue weighted by atomic mass is 16.5. The lowest BCUT2D eigenvalue weighted by Crippen LogP contribution is -2.42. The van der Waals surface area contributed by atoms with E-state index in [0.29, 0.717) is 6.54 Å². The molecular weight excluding hydrogens is 240 g/mol. The zero-order chi connectivity index (χ0) is 13.7. The maximum atomic E-state index is 11.7. The van der Waals surface area contributed by atoms with Crippen LogP contribution < -0.4 is 15.8 Å². The Labute approximate surface area is 114 Å². The molecule has 1 aromatic carbocycles. The summed E-state index contributed by atoms with van der Waals surface area (Å²) in [7, 11) is 0. The molecule has 2 rings (SSSR count). The van der Waals surface area contributed by atoms with Gasteiger partial charge in [-0.05, 0) is 37.0 Å². The van der Waals surface area contributed by atoms with Gasteiger partial charge in [-0.25, -0.2) is 0 Å². The average molecular weight is 262 g/mol. The van der Waals surface area contributed by atoms with Crippen LogP contribution in [0.1, 0.15) is 38.2 Å². The second-order valence-corrected chi connectivity index (χ2v) is 5.19. The van der Waals surface area contributed by atoms with Gasteiger partial charge in [0.1, 0.15) is 5.75 Å². The van der Waals surface area contributed by atoms with Crippen molar-refractivity contribution in [2.24, 2.45) is 5.73 Å². The summed E-state index contributed by atoms with van der Waals surface area (Å²) in [6.45, 7) is 3.37. The Hall–Kier alpha value is -1.55. The molecule has 0 aliphatic heterocycles. The molecule has 0 radical (unpaired) electrons. The fraction of sp³-hybridized carbons (Fsp3) is 0.533. The van der Waals surface area contributed by atoms with Crippen molar-refractivity contribution in [3.63, 3.8) is 0 Å². The van der Waals surface area contributed by atoms with Crippen molar-refractivity contribution in [1.82, 2.24) is 5.32 Å². The number of nitrogens with two attached hydrogens (primary N) is 1. The summed E-state index contributed by atoms with van der Waals surface area (Å²) in [6, 6.07) is 7.82. The van der Waals surface area contributed by atoms with E-state index in [1.807, 2.05) is 24.3 Å². The van der Waals surface area contributed by atoms with E-state index >= 15 is 0 Å². The molecule has 1 aliphatic rings. The molecule has 0 bridgehead atoms. The quantitative estimate of drug-likeness (QED) is 0.738. The van der Waals surface area contributed by atoms with E-state index in [1.165, 1.54) is 0 Å². The Kier molecular flexibility index (Phi) is 4.43. The van der Waals surface area contributed by atoms with Crippen LogP contribution in [0.2, 0.25) is 0 Å². The number of ether oxygens (including phenoxy) is 1. The molecule has 4 heteroatoms. The lowest BCUT2D eigenvalue weighted by Gasteiger charge is -2.11. The van der Waals surface area contributed by atoms with Gasteiger partial charge in [-0.1, -0.05) is 25.5 Å². The van der Waals surface area contributed by atoms with Crippen molar-refractivity contribution in [3.05, 3.63) is 29.8 Å². The largest absolute Gasteiger partial charge is 0.494 e. The minimum atomic E-state index is -0.602. The predicted molar refractivity (Wildman–Crippen MR) is 74.8 cm³/mol. The van der Waals surface area contributed by atoms with Gasteiger partial charge in [0, 0.05) is 6.54 Å². The number of nitrogens with one attached hydrogen (secondary N) is 1. The summed E-state index contributed by atoms with van der Waals surface area (Å²) in [5.41, 5.74) is 6.26. The molecule has 0 aromatic heterocycles. The maximum Gasteiger partial charge on any atom is 0.240 e. The van der Waals surface area contributed by atoms with E-state index in [9.17, 15) is 4.79 Å². The molecular formula is C15H22N2O2. The van der Waals surface area contributed by atoms with E-state index < -0.39 is 5.54 Å². The SMILES string of the molecule is CCCCOc1cccc(CNC(=O)C2(N)CC2)c1. The Morgan fingerprint density at radius 2 is 2.26 bits per heavy atom. The van der Waals surface area contributed by atoms with Gasteiger partial charge in [-0.15, -0.1) is 0 Å². The molecule has 1 saturated carbocycles. The first-order valence-electron chi connectivity index (χ1n) is 6.93. The third kappa shape index (κ3) is 3.96. The van der Waals surface area contributed by atoms with Gasteiger partial charge in [-0.2, -0.15) is 0 Å². The highest BCUT2D eigenvalue weighted by Crippen LogP contribution is 2.32. The Balaban J connectivity index is 1.83. The molecule has 4 nitrogen and oxygen atoms in total. The van der Waals surface area contributed by atoms with Crippen molar-refractivity contribution < 1.29 is 9.53 Å². The monoisotopic (exact) mass is 262 g/mol. The third-order valence-corrected chi connectivity index (χ3v) is 3.36. The van der Waals surface area contributed by atoms with Crippen LogP contribution in [-0.2, 0) is 11.3 Å². The topological polar surface area (TPSA) is 64.3 Å². The third-order valence-electron chi connectivity index (χ3n) is 3.36. The fourth-order valence-electron chi connectivity index (χ4n) is 1.80. The fourth-order valence-corrected chi connectivity index (χ4v) is 1.80. The molecule has 1 amide bonds. The second kappa shape index (κ2) is 6.06. The average Bonchev–Trinajstić information content (AvgIpc) is 3.16. The zero-order valence-corrected chi connectivity index (χ0v) is 11.4. The van der Waals surface area contributed by atoms with Crippen LogP contribution in [0.25, 0.3) is 0 Å². The molecule has 0 heterocycles. The molecule has 0 spiro atoms. The van der Waals surface area contributed by atoms with E-state index in [4.69, 9.17) is 10.5 Å². The van der Waals surface area contributed by atoms with Crippen LogP contribution in [0.5, 0.6) is 5.75 Å². The van der Waals surface area contributed by atoms with E-state index in [-0.39, 0.29) is 5.91 Å². The number of unbranched alkanes of at least 4 members (excludes halogenated alkanes) is 1. The number of hydrogen-bond acceptors (Lipinski definition) is 3. The first kappa shape index (κ1) is 13.9. The standard InChI is InChI=1S/C15H22N2O2/c1-2-3-9-19-13-6-4-5-12(10-13)11-17-14(18)15(16)7-8-15/h4-6,10H,2-3,7-9,11,16H2,1H3,(H,17,18). The highest BCUT2D eigenvalue weighted by Gasteiger charge is 2.45. The number of amides is 1. The number of rotatable bonds is 7. The summed E-state index contributed by atoms with van der Waals surface area (Å²) >= 11 is 0. The first-order valence-corrected chi connectivity index (χ1v) is 6.93. The molecule has 104 valence electrons. The Morgan fingerprint density at radius 1 is 1.47 bits per heavy atom. The molecule has 1 aromatic rings. The molecule has 0 unspecified atom stereocenters. The van der Waals surface area contributed by atoms with Gasteiger partial charge >= 0.3 is 0 Å². The molecule has 19 heavy (non-hydrogen) atoms. The normalized spacial score (nSPS) is 15.9. The number of hydrogen-bond donors (Lipinski definition) is 2. The van der Waals surface area contributed by atoms with Crippen LogP contribution in [0.15, 0.2) is 24.3 Å². The lowest BCUT2D eigenvalue weighted by molar-refractivity contribution is -0.123. The van der Waals surface area contributed by atoms with E-state index in [1.54, 1.807) is 0 Å². The molecule has 3 N–H and O–H groups in total. The van der Waals surface area contributed by atoms with Crippen LogP contribution in [0, 0.1) is 0 Å². The van der Waals surface area contributed by atoms with Gasteiger partial charge in [0.05, 0.1) is 12.1 Å². The van der Waals surface area contributed by atoms with Crippen molar-refractivity contribution in [3.8, 4) is 5.75 Å². The molecule has 0 atom stereocenters. The Bertz CT molecular complexity index is 442. The molecule has 1 fully saturated rings. The van der Waals surface area contributed by atoms with Gasteiger partial charge in [0.25, 0.3) is 0 Å². The number of carbonyl (C=O) groups is 1. The van der Waals surface area contributed by atoms with Crippen LogP contribution >= 0.6 is 0 Å². The van der Waals surface area contributed by atoms with Crippen molar-refractivity contribution >= 4 is 5.91 Å². The number of benzene rings is 1. The van der Waals surface area contributed by atoms with E-state index in [0.717, 1.165) is 43.6 Å². The summed E-state index contributed by atoms with van der Waals surface area (Å²) in [4.78, 5) is 11.7. The predicted octanol–water partition coefficient (Wildman–Crippen LogP) is 1.97. The molecule has 0 saturated heterocycles.